The van der Waals surface area contributed by atoms with E-state index in [1.807, 2.05) is 30.3 Å². The monoisotopic (exact) mass is 429 g/mol. The summed E-state index contributed by atoms with van der Waals surface area (Å²) in [4.78, 5) is 11.8. The van der Waals surface area contributed by atoms with Gasteiger partial charge in [-0.25, -0.2) is 9.97 Å². The fourth-order valence-electron chi connectivity index (χ4n) is 3.66. The maximum atomic E-state index is 9.90. The lowest BCUT2D eigenvalue weighted by atomic mass is 10.2. The predicted octanol–water partition coefficient (Wildman–Crippen LogP) is 1.14. The third kappa shape index (κ3) is 6.04. The Morgan fingerprint density at radius 3 is 2.84 bits per heavy atom. The minimum absolute atomic E-state index is 0.216. The second-order valence-electron chi connectivity index (χ2n) is 7.79. The number of rotatable bonds is 9. The minimum Gasteiger partial charge on any atom is -0.491 e. The van der Waals surface area contributed by atoms with Crippen LogP contribution in [-0.4, -0.2) is 86.9 Å². The highest BCUT2D eigenvalue weighted by atomic mass is 16.5. The first-order valence-electron chi connectivity index (χ1n) is 10.8. The molecule has 1 unspecified atom stereocenters. The fraction of sp³-hybridized carbons (Fsp3) is 0.545. The molecule has 9 nitrogen and oxygen atoms in total. The summed E-state index contributed by atoms with van der Waals surface area (Å²) in [5.41, 5.74) is 0.862. The molecule has 2 fully saturated rings. The third-order valence-electron chi connectivity index (χ3n) is 5.30. The summed E-state index contributed by atoms with van der Waals surface area (Å²) in [6.07, 6.45) is 0.392. The number of morpholine rings is 1. The molecule has 2 saturated heterocycles. The Labute approximate surface area is 182 Å². The number of aliphatic hydroxyl groups excluding tert-OH is 1. The molecule has 168 valence electrons. The van der Waals surface area contributed by atoms with Crippen LogP contribution < -0.4 is 20.3 Å². The molecule has 2 aliphatic heterocycles. The van der Waals surface area contributed by atoms with E-state index in [-0.39, 0.29) is 12.6 Å². The molecule has 2 aliphatic rings. The Hall–Kier alpha value is -2.46. The smallest absolute Gasteiger partial charge is 0.163 e. The van der Waals surface area contributed by atoms with Crippen LogP contribution in [0.15, 0.2) is 30.3 Å². The Morgan fingerprint density at radius 2 is 2.06 bits per heavy atom. The first-order chi connectivity index (χ1) is 15.2. The number of aliphatic hydroxyl groups is 1. The SMILES string of the molecule is CNCC(O)COc1cccc(-c2nc(N[C@@H]3CCOC3)cc(N3CCOCC3)n2)c1. The molecule has 2 aromatic rings. The van der Waals surface area contributed by atoms with Crippen molar-refractivity contribution in [3.8, 4) is 17.1 Å². The van der Waals surface area contributed by atoms with E-state index < -0.39 is 6.10 Å². The van der Waals surface area contributed by atoms with Gasteiger partial charge in [-0.1, -0.05) is 12.1 Å². The molecule has 0 bridgehead atoms. The van der Waals surface area contributed by atoms with Gasteiger partial charge in [0.25, 0.3) is 0 Å². The van der Waals surface area contributed by atoms with Crippen molar-refractivity contribution in [3.05, 3.63) is 30.3 Å². The molecule has 3 N–H and O–H groups in total. The number of ether oxygens (including phenoxy) is 3. The van der Waals surface area contributed by atoms with E-state index in [4.69, 9.17) is 24.2 Å². The van der Waals surface area contributed by atoms with Crippen LogP contribution in [0.1, 0.15) is 6.42 Å². The molecule has 0 saturated carbocycles. The first-order valence-corrected chi connectivity index (χ1v) is 10.8. The summed E-state index contributed by atoms with van der Waals surface area (Å²) in [7, 11) is 1.80. The van der Waals surface area contributed by atoms with Crippen molar-refractivity contribution in [2.45, 2.75) is 18.6 Å². The molecule has 9 heteroatoms. The number of benzene rings is 1. The fourth-order valence-corrected chi connectivity index (χ4v) is 3.66. The largest absolute Gasteiger partial charge is 0.491 e. The van der Waals surface area contributed by atoms with Crippen LogP contribution in [0.25, 0.3) is 11.4 Å². The van der Waals surface area contributed by atoms with Crippen molar-refractivity contribution < 1.29 is 19.3 Å². The Morgan fingerprint density at radius 1 is 1.19 bits per heavy atom. The molecule has 0 radical (unpaired) electrons. The summed E-state index contributed by atoms with van der Waals surface area (Å²) in [5, 5.41) is 16.3. The summed E-state index contributed by atoms with van der Waals surface area (Å²) >= 11 is 0. The summed E-state index contributed by atoms with van der Waals surface area (Å²) < 4.78 is 16.8. The molecular weight excluding hydrogens is 398 g/mol. The van der Waals surface area contributed by atoms with Gasteiger partial charge in [0.05, 0.1) is 25.9 Å². The Balaban J connectivity index is 1.57. The minimum atomic E-state index is -0.570. The van der Waals surface area contributed by atoms with Crippen molar-refractivity contribution in [2.75, 3.05) is 69.9 Å². The molecule has 1 aromatic heterocycles. The number of aromatic nitrogens is 2. The molecule has 0 spiro atoms. The van der Waals surface area contributed by atoms with Gasteiger partial charge in [-0.3, -0.25) is 0 Å². The number of hydrogen-bond acceptors (Lipinski definition) is 9. The zero-order valence-corrected chi connectivity index (χ0v) is 17.9. The maximum Gasteiger partial charge on any atom is 0.163 e. The van der Waals surface area contributed by atoms with E-state index >= 15 is 0 Å². The maximum absolute atomic E-state index is 9.90. The van der Waals surface area contributed by atoms with Gasteiger partial charge in [-0.2, -0.15) is 0 Å². The van der Waals surface area contributed by atoms with Crippen LogP contribution in [0.4, 0.5) is 11.6 Å². The zero-order chi connectivity index (χ0) is 21.5. The second-order valence-corrected chi connectivity index (χ2v) is 7.79. The van der Waals surface area contributed by atoms with Gasteiger partial charge >= 0.3 is 0 Å². The van der Waals surface area contributed by atoms with Gasteiger partial charge in [0.15, 0.2) is 5.82 Å². The van der Waals surface area contributed by atoms with Crippen LogP contribution in [0, 0.1) is 0 Å². The Kier molecular flexibility index (Phi) is 7.52. The number of nitrogens with one attached hydrogen (secondary N) is 2. The van der Waals surface area contributed by atoms with Crippen LogP contribution in [0.3, 0.4) is 0 Å². The quantitative estimate of drug-likeness (QED) is 0.542. The van der Waals surface area contributed by atoms with Crippen LogP contribution >= 0.6 is 0 Å². The normalized spacial score (nSPS) is 19.9. The lowest BCUT2D eigenvalue weighted by molar-refractivity contribution is 0.108. The predicted molar refractivity (Wildman–Crippen MR) is 119 cm³/mol. The average molecular weight is 430 g/mol. The molecule has 0 aliphatic carbocycles. The zero-order valence-electron chi connectivity index (χ0n) is 17.9. The van der Waals surface area contributed by atoms with Crippen LogP contribution in [-0.2, 0) is 9.47 Å². The molecule has 4 rings (SSSR count). The summed E-state index contributed by atoms with van der Waals surface area (Å²) in [6, 6.07) is 9.92. The van der Waals surface area contributed by atoms with E-state index in [0.717, 1.165) is 43.3 Å². The van der Waals surface area contributed by atoms with Gasteiger partial charge in [-0.15, -0.1) is 0 Å². The van der Waals surface area contributed by atoms with Crippen LogP contribution in [0.5, 0.6) is 5.75 Å². The molecule has 31 heavy (non-hydrogen) atoms. The van der Waals surface area contributed by atoms with Crippen LogP contribution in [0.2, 0.25) is 0 Å². The van der Waals surface area contributed by atoms with E-state index in [9.17, 15) is 5.11 Å². The van der Waals surface area contributed by atoms with Crippen molar-refractivity contribution in [3.63, 3.8) is 0 Å². The number of hydrogen-bond donors (Lipinski definition) is 3. The van der Waals surface area contributed by atoms with Crippen molar-refractivity contribution >= 4 is 11.6 Å². The lowest BCUT2D eigenvalue weighted by Gasteiger charge is -2.28. The average Bonchev–Trinajstić information content (AvgIpc) is 3.31. The standard InChI is InChI=1S/C22H31N5O4/c1-23-13-18(28)15-31-19-4-2-3-16(11-19)22-25-20(24-17-5-8-30-14-17)12-21(26-22)27-6-9-29-10-7-27/h2-4,11-12,17-18,23,28H,5-10,13-15H2,1H3,(H,24,25,26)/t17-,18?/m1/s1. The van der Waals surface area contributed by atoms with E-state index in [1.165, 1.54) is 0 Å². The van der Waals surface area contributed by atoms with E-state index in [2.05, 4.69) is 15.5 Å². The Bertz CT molecular complexity index is 840. The van der Waals surface area contributed by atoms with Crippen molar-refractivity contribution in [1.29, 1.82) is 0 Å². The van der Waals surface area contributed by atoms with Gasteiger partial charge in [-0.05, 0) is 25.6 Å². The number of likely N-dealkylation sites (N-methyl/N-ethyl adjacent to an activating group) is 1. The highest BCUT2D eigenvalue weighted by Crippen LogP contribution is 2.27. The van der Waals surface area contributed by atoms with Gasteiger partial charge in [0, 0.05) is 37.9 Å². The summed E-state index contributed by atoms with van der Waals surface area (Å²) in [6.45, 7) is 5.13. The van der Waals surface area contributed by atoms with E-state index in [0.29, 0.717) is 37.9 Å². The highest BCUT2D eigenvalue weighted by Gasteiger charge is 2.20. The van der Waals surface area contributed by atoms with Crippen molar-refractivity contribution in [1.82, 2.24) is 15.3 Å². The lowest BCUT2D eigenvalue weighted by Crippen LogP contribution is -2.37. The molecular formula is C22H31N5O4. The third-order valence-corrected chi connectivity index (χ3v) is 5.30. The molecule has 1 aromatic carbocycles. The molecule has 2 atom stereocenters. The topological polar surface area (TPSA) is 101 Å². The molecule has 0 amide bonds. The van der Waals surface area contributed by atoms with Gasteiger partial charge < -0.3 is 34.9 Å². The molecule has 3 heterocycles. The number of nitrogens with zero attached hydrogens (tertiary/aromatic N) is 3. The van der Waals surface area contributed by atoms with Gasteiger partial charge in [0.1, 0.15) is 30.1 Å². The summed E-state index contributed by atoms with van der Waals surface area (Å²) in [5.74, 6) is 2.97. The van der Waals surface area contributed by atoms with Crippen molar-refractivity contribution in [2.24, 2.45) is 0 Å². The first kappa shape index (κ1) is 21.8. The van der Waals surface area contributed by atoms with E-state index in [1.54, 1.807) is 7.05 Å². The van der Waals surface area contributed by atoms with Gasteiger partial charge in [0.2, 0.25) is 0 Å². The number of anilines is 2. The highest BCUT2D eigenvalue weighted by molar-refractivity contribution is 5.63. The second kappa shape index (κ2) is 10.7.